The Labute approximate surface area is 131 Å². The van der Waals surface area contributed by atoms with Gasteiger partial charge in [0.05, 0.1) is 5.60 Å². The van der Waals surface area contributed by atoms with Gasteiger partial charge < -0.3 is 5.11 Å². The van der Waals surface area contributed by atoms with Crippen molar-refractivity contribution in [3.05, 3.63) is 11.6 Å². The Hall–Kier alpha value is -0.300. The molecule has 21 heavy (non-hydrogen) atoms. The van der Waals surface area contributed by atoms with Crippen LogP contribution in [0, 0.1) is 35.0 Å². The fraction of sp³-hybridized carbons (Fsp3) is 0.900. The fourth-order valence-corrected chi connectivity index (χ4v) is 6.05. The zero-order chi connectivity index (χ0) is 15.4. The molecule has 3 aliphatic carbocycles. The molecular formula is C20H34O. The molecule has 0 aromatic rings. The maximum atomic E-state index is 10.9. The van der Waals surface area contributed by atoms with Crippen LogP contribution in [0.25, 0.3) is 0 Å². The topological polar surface area (TPSA) is 20.2 Å². The zero-order valence-electron chi connectivity index (χ0n) is 14.7. The average molecular weight is 290 g/mol. The van der Waals surface area contributed by atoms with Gasteiger partial charge in [-0.25, -0.2) is 0 Å². The molecule has 0 spiro atoms. The predicted octanol–water partition coefficient (Wildman–Crippen LogP) is 5.19. The molecule has 2 fully saturated rings. The van der Waals surface area contributed by atoms with E-state index in [0.29, 0.717) is 17.3 Å². The molecule has 1 heteroatoms. The minimum atomic E-state index is -0.444. The van der Waals surface area contributed by atoms with Crippen LogP contribution in [0.15, 0.2) is 11.6 Å². The molecule has 1 nitrogen and oxygen atoms in total. The maximum Gasteiger partial charge on any atom is 0.0653 e. The van der Waals surface area contributed by atoms with Crippen molar-refractivity contribution in [2.75, 3.05) is 0 Å². The molecule has 0 aromatic carbocycles. The van der Waals surface area contributed by atoms with Crippen molar-refractivity contribution in [1.82, 2.24) is 0 Å². The second-order valence-corrected chi connectivity index (χ2v) is 9.20. The van der Waals surface area contributed by atoms with E-state index in [2.05, 4.69) is 40.7 Å². The number of hydrogen-bond acceptors (Lipinski definition) is 1. The van der Waals surface area contributed by atoms with Gasteiger partial charge in [-0.05, 0) is 87.4 Å². The summed E-state index contributed by atoms with van der Waals surface area (Å²) in [7, 11) is 0. The lowest BCUT2D eigenvalue weighted by molar-refractivity contribution is -0.0180. The molecule has 3 rings (SSSR count). The molecule has 120 valence electrons. The Kier molecular flexibility index (Phi) is 3.80. The summed E-state index contributed by atoms with van der Waals surface area (Å²) in [6, 6.07) is 0. The smallest absolute Gasteiger partial charge is 0.0653 e. The lowest BCUT2D eigenvalue weighted by atomic mass is 9.63. The summed E-state index contributed by atoms with van der Waals surface area (Å²) in [5, 5.41) is 10.9. The summed E-state index contributed by atoms with van der Waals surface area (Å²) in [6.45, 7) is 11.8. The maximum absolute atomic E-state index is 10.9. The Morgan fingerprint density at radius 2 is 1.86 bits per heavy atom. The molecule has 0 saturated heterocycles. The monoisotopic (exact) mass is 290 g/mol. The minimum absolute atomic E-state index is 0.444. The molecule has 1 N–H and O–H groups in total. The Bertz CT molecular complexity index is 433. The fourth-order valence-electron chi connectivity index (χ4n) is 6.05. The number of fused-ring (bicyclic) bond motifs is 2. The summed E-state index contributed by atoms with van der Waals surface area (Å²) >= 11 is 0. The van der Waals surface area contributed by atoms with Crippen LogP contribution in [0.1, 0.15) is 73.1 Å². The Balaban J connectivity index is 1.95. The first-order chi connectivity index (χ1) is 9.74. The van der Waals surface area contributed by atoms with Gasteiger partial charge in [-0.3, -0.25) is 0 Å². The highest BCUT2D eigenvalue weighted by Gasteiger charge is 2.53. The van der Waals surface area contributed by atoms with E-state index in [9.17, 15) is 5.11 Å². The van der Waals surface area contributed by atoms with E-state index in [0.717, 1.165) is 24.2 Å². The molecule has 0 aliphatic heterocycles. The van der Waals surface area contributed by atoms with Crippen LogP contribution in [0.2, 0.25) is 0 Å². The Morgan fingerprint density at radius 1 is 1.14 bits per heavy atom. The quantitative estimate of drug-likeness (QED) is 0.659. The van der Waals surface area contributed by atoms with Crippen molar-refractivity contribution >= 4 is 0 Å². The van der Waals surface area contributed by atoms with Crippen molar-refractivity contribution in [2.24, 2.45) is 35.0 Å². The standard InChI is InChI=1S/C20H34O/c1-13(2)15-8-10-19(4)12-18-16(9-11-20(18,5)21)14(3)6-7-17(15)19/h6,13,15-18,21H,7-12H2,1-5H3/b14-6+/t15-,16+,17+,18-,19-,20-/m1/s1. The van der Waals surface area contributed by atoms with Gasteiger partial charge in [-0.2, -0.15) is 0 Å². The van der Waals surface area contributed by atoms with E-state index in [4.69, 9.17) is 0 Å². The van der Waals surface area contributed by atoms with Gasteiger partial charge in [0.1, 0.15) is 0 Å². The predicted molar refractivity (Wildman–Crippen MR) is 89.0 cm³/mol. The first-order valence-corrected chi connectivity index (χ1v) is 9.13. The first-order valence-electron chi connectivity index (χ1n) is 9.13. The number of aliphatic hydroxyl groups is 1. The molecule has 6 atom stereocenters. The lowest BCUT2D eigenvalue weighted by Crippen LogP contribution is -2.39. The highest BCUT2D eigenvalue weighted by Crippen LogP contribution is 2.59. The SMILES string of the molecule is C/C1=C\C[C@H]2[C@@H](C(C)C)CC[C@]2(C)C[C@@H]2[C@H]1CC[C@@]2(C)O. The van der Waals surface area contributed by atoms with Crippen LogP contribution in [0.4, 0.5) is 0 Å². The second-order valence-electron chi connectivity index (χ2n) is 9.20. The zero-order valence-corrected chi connectivity index (χ0v) is 14.7. The lowest BCUT2D eigenvalue weighted by Gasteiger charge is -2.43. The summed E-state index contributed by atoms with van der Waals surface area (Å²) in [6.07, 6.45) is 10.00. The molecule has 0 bridgehead atoms. The number of hydrogen-bond donors (Lipinski definition) is 1. The van der Waals surface area contributed by atoms with E-state index in [-0.39, 0.29) is 0 Å². The van der Waals surface area contributed by atoms with Gasteiger partial charge in [0, 0.05) is 0 Å². The minimum Gasteiger partial charge on any atom is -0.390 e. The normalized spacial score (nSPS) is 52.8. The molecule has 0 unspecified atom stereocenters. The Morgan fingerprint density at radius 3 is 2.52 bits per heavy atom. The van der Waals surface area contributed by atoms with E-state index >= 15 is 0 Å². The van der Waals surface area contributed by atoms with Crippen LogP contribution in [-0.2, 0) is 0 Å². The number of allylic oxidation sites excluding steroid dienone is 2. The summed E-state index contributed by atoms with van der Waals surface area (Å²) in [5.74, 6) is 3.61. The summed E-state index contributed by atoms with van der Waals surface area (Å²) < 4.78 is 0. The highest BCUT2D eigenvalue weighted by atomic mass is 16.3. The molecule has 2 saturated carbocycles. The van der Waals surface area contributed by atoms with Crippen molar-refractivity contribution in [3.8, 4) is 0 Å². The van der Waals surface area contributed by atoms with Gasteiger partial charge in [0.25, 0.3) is 0 Å². The van der Waals surface area contributed by atoms with E-state index in [1.54, 1.807) is 5.57 Å². The van der Waals surface area contributed by atoms with E-state index < -0.39 is 5.60 Å². The van der Waals surface area contributed by atoms with Gasteiger partial charge >= 0.3 is 0 Å². The third kappa shape index (κ3) is 2.50. The third-order valence-electron chi connectivity index (χ3n) is 7.53. The number of rotatable bonds is 1. The van der Waals surface area contributed by atoms with Crippen LogP contribution in [-0.4, -0.2) is 10.7 Å². The van der Waals surface area contributed by atoms with Crippen LogP contribution in [0.5, 0.6) is 0 Å². The van der Waals surface area contributed by atoms with Gasteiger partial charge in [0.2, 0.25) is 0 Å². The van der Waals surface area contributed by atoms with Gasteiger partial charge in [-0.1, -0.05) is 32.4 Å². The molecular weight excluding hydrogens is 256 g/mol. The van der Waals surface area contributed by atoms with E-state index in [1.165, 1.54) is 32.1 Å². The first kappa shape index (κ1) is 15.6. The summed E-state index contributed by atoms with van der Waals surface area (Å²) in [4.78, 5) is 0. The molecule has 0 aromatic heterocycles. The van der Waals surface area contributed by atoms with Crippen LogP contribution >= 0.6 is 0 Å². The largest absolute Gasteiger partial charge is 0.390 e. The average Bonchev–Trinajstić information content (AvgIpc) is 2.84. The van der Waals surface area contributed by atoms with Crippen molar-refractivity contribution in [2.45, 2.75) is 78.7 Å². The van der Waals surface area contributed by atoms with Crippen LogP contribution in [0.3, 0.4) is 0 Å². The van der Waals surface area contributed by atoms with E-state index in [1.807, 2.05) is 0 Å². The van der Waals surface area contributed by atoms with Gasteiger partial charge in [-0.15, -0.1) is 0 Å². The van der Waals surface area contributed by atoms with Crippen LogP contribution < -0.4 is 0 Å². The second kappa shape index (κ2) is 5.11. The summed E-state index contributed by atoms with van der Waals surface area (Å²) in [5.41, 5.74) is 1.57. The highest BCUT2D eigenvalue weighted by molar-refractivity contribution is 5.16. The van der Waals surface area contributed by atoms with Crippen molar-refractivity contribution in [1.29, 1.82) is 0 Å². The van der Waals surface area contributed by atoms with Gasteiger partial charge in [0.15, 0.2) is 0 Å². The third-order valence-corrected chi connectivity index (χ3v) is 7.53. The molecule has 0 amide bonds. The molecule has 3 aliphatic rings. The molecule has 0 heterocycles. The van der Waals surface area contributed by atoms with Crippen molar-refractivity contribution < 1.29 is 5.11 Å². The van der Waals surface area contributed by atoms with Crippen molar-refractivity contribution in [3.63, 3.8) is 0 Å². The molecule has 0 radical (unpaired) electrons.